The van der Waals surface area contributed by atoms with Gasteiger partial charge in [0.05, 0.1) is 6.04 Å². The van der Waals surface area contributed by atoms with Crippen LogP contribution in [0.1, 0.15) is 25.7 Å². The van der Waals surface area contributed by atoms with Crippen molar-refractivity contribution in [3.05, 3.63) is 0 Å². The van der Waals surface area contributed by atoms with Crippen LogP contribution in [0.4, 0.5) is 0 Å². The molecule has 1 saturated carbocycles. The van der Waals surface area contributed by atoms with Crippen LogP contribution in [-0.4, -0.2) is 11.9 Å². The van der Waals surface area contributed by atoms with Crippen LogP contribution in [0.3, 0.4) is 0 Å². The molecular formula is C7H10NO. The van der Waals surface area contributed by atoms with E-state index in [9.17, 15) is 4.79 Å². The molecule has 1 heterocycles. The summed E-state index contributed by atoms with van der Waals surface area (Å²) in [5, 5.41) is 4.01. The first kappa shape index (κ1) is 5.27. The van der Waals surface area contributed by atoms with E-state index in [4.69, 9.17) is 0 Å². The van der Waals surface area contributed by atoms with Crippen LogP contribution in [0.5, 0.6) is 0 Å². The molecule has 0 aromatic heterocycles. The zero-order valence-corrected chi connectivity index (χ0v) is 5.34. The van der Waals surface area contributed by atoms with E-state index in [1.165, 1.54) is 12.8 Å². The lowest BCUT2D eigenvalue weighted by molar-refractivity contribution is -0.119. The summed E-state index contributed by atoms with van der Waals surface area (Å²) in [7, 11) is 0. The van der Waals surface area contributed by atoms with Crippen LogP contribution < -0.4 is 5.32 Å². The van der Waals surface area contributed by atoms with Gasteiger partial charge in [-0.1, -0.05) is 6.42 Å². The van der Waals surface area contributed by atoms with Crippen molar-refractivity contribution in [3.8, 4) is 0 Å². The molecule has 2 rings (SSSR count). The number of hydrogen-bond donors (Lipinski definition) is 0. The van der Waals surface area contributed by atoms with Crippen molar-refractivity contribution in [1.82, 2.24) is 5.32 Å². The Morgan fingerprint density at radius 2 is 2.33 bits per heavy atom. The zero-order valence-electron chi connectivity index (χ0n) is 5.34. The first-order valence-electron chi connectivity index (χ1n) is 3.60. The minimum absolute atomic E-state index is 0.143. The maximum Gasteiger partial charge on any atom is 0.241 e. The Kier molecular flexibility index (Phi) is 1.01. The van der Waals surface area contributed by atoms with Crippen molar-refractivity contribution in [2.75, 3.05) is 0 Å². The van der Waals surface area contributed by atoms with Gasteiger partial charge in [-0.3, -0.25) is 4.79 Å². The Morgan fingerprint density at radius 3 is 3.11 bits per heavy atom. The van der Waals surface area contributed by atoms with Gasteiger partial charge in [-0.05, 0) is 18.8 Å². The van der Waals surface area contributed by atoms with Gasteiger partial charge in [0.15, 0.2) is 0 Å². The fourth-order valence-electron chi connectivity index (χ4n) is 1.89. The Hall–Kier alpha value is -0.530. The van der Waals surface area contributed by atoms with Crippen LogP contribution in [-0.2, 0) is 4.79 Å². The number of carbonyl (C=O) groups is 1. The predicted molar refractivity (Wildman–Crippen MR) is 32.9 cm³/mol. The number of hydrogen-bond acceptors (Lipinski definition) is 1. The van der Waals surface area contributed by atoms with Crippen LogP contribution >= 0.6 is 0 Å². The highest BCUT2D eigenvalue weighted by Gasteiger charge is 2.37. The average molecular weight is 124 g/mol. The molecule has 1 amide bonds. The molecular weight excluding hydrogens is 114 g/mol. The summed E-state index contributed by atoms with van der Waals surface area (Å²) in [6, 6.07) is 0.428. The molecule has 2 heteroatoms. The van der Waals surface area contributed by atoms with Crippen LogP contribution in [0.25, 0.3) is 0 Å². The van der Waals surface area contributed by atoms with E-state index >= 15 is 0 Å². The van der Waals surface area contributed by atoms with E-state index in [0.29, 0.717) is 12.0 Å². The van der Waals surface area contributed by atoms with Crippen LogP contribution in [0.2, 0.25) is 0 Å². The molecule has 2 unspecified atom stereocenters. The number of nitrogens with zero attached hydrogens (tertiary/aromatic N) is 1. The lowest BCUT2D eigenvalue weighted by atomic mass is 10.1. The SMILES string of the molecule is O=C1CC2CCCC2[N]1. The molecule has 0 aromatic carbocycles. The van der Waals surface area contributed by atoms with Gasteiger partial charge < -0.3 is 0 Å². The van der Waals surface area contributed by atoms with Crippen LogP contribution in [0, 0.1) is 5.92 Å². The van der Waals surface area contributed by atoms with Gasteiger partial charge in [0.25, 0.3) is 0 Å². The fraction of sp³-hybridized carbons (Fsp3) is 0.857. The van der Waals surface area contributed by atoms with E-state index in [0.717, 1.165) is 12.8 Å². The minimum atomic E-state index is 0.143. The molecule has 2 nitrogen and oxygen atoms in total. The van der Waals surface area contributed by atoms with Crippen molar-refractivity contribution in [1.29, 1.82) is 0 Å². The summed E-state index contributed by atoms with van der Waals surface area (Å²) in [5.41, 5.74) is 0. The van der Waals surface area contributed by atoms with Gasteiger partial charge in [-0.25, -0.2) is 5.32 Å². The number of fused-ring (bicyclic) bond motifs is 1. The quantitative estimate of drug-likeness (QED) is 0.467. The number of amides is 1. The molecule has 49 valence electrons. The monoisotopic (exact) mass is 124 g/mol. The second-order valence-electron chi connectivity index (χ2n) is 2.99. The van der Waals surface area contributed by atoms with E-state index in [2.05, 4.69) is 5.32 Å². The molecule has 2 atom stereocenters. The zero-order chi connectivity index (χ0) is 6.27. The molecule has 0 bridgehead atoms. The van der Waals surface area contributed by atoms with E-state index in [-0.39, 0.29) is 5.91 Å². The molecule has 1 aliphatic carbocycles. The van der Waals surface area contributed by atoms with Gasteiger partial charge in [0.1, 0.15) is 0 Å². The average Bonchev–Trinajstić information content (AvgIpc) is 2.22. The topological polar surface area (TPSA) is 31.2 Å². The lowest BCUT2D eigenvalue weighted by Gasteiger charge is -2.01. The highest BCUT2D eigenvalue weighted by molar-refractivity contribution is 5.78. The Labute approximate surface area is 54.6 Å². The molecule has 2 aliphatic rings. The second kappa shape index (κ2) is 1.72. The maximum atomic E-state index is 10.7. The first-order valence-corrected chi connectivity index (χ1v) is 3.60. The molecule has 0 N–H and O–H groups in total. The molecule has 0 spiro atoms. The summed E-state index contributed by atoms with van der Waals surface area (Å²) < 4.78 is 0. The molecule has 2 fully saturated rings. The smallest absolute Gasteiger partial charge is 0.241 e. The van der Waals surface area contributed by atoms with Crippen molar-refractivity contribution in [2.24, 2.45) is 5.92 Å². The second-order valence-corrected chi connectivity index (χ2v) is 2.99. The summed E-state index contributed by atoms with van der Waals surface area (Å²) in [5.74, 6) is 0.780. The maximum absolute atomic E-state index is 10.7. The molecule has 9 heavy (non-hydrogen) atoms. The summed E-state index contributed by atoms with van der Waals surface area (Å²) in [6.07, 6.45) is 4.42. The Morgan fingerprint density at radius 1 is 1.44 bits per heavy atom. The van der Waals surface area contributed by atoms with Gasteiger partial charge in [-0.2, -0.15) is 0 Å². The number of carbonyl (C=O) groups excluding carboxylic acids is 1. The first-order chi connectivity index (χ1) is 4.36. The highest BCUT2D eigenvalue weighted by Crippen LogP contribution is 2.33. The normalized spacial score (nSPS) is 40.7. The van der Waals surface area contributed by atoms with E-state index in [1.807, 2.05) is 0 Å². The third-order valence-electron chi connectivity index (χ3n) is 2.37. The van der Waals surface area contributed by atoms with Gasteiger partial charge in [0.2, 0.25) is 5.91 Å². The Balaban J connectivity index is 2.09. The van der Waals surface area contributed by atoms with Crippen molar-refractivity contribution in [2.45, 2.75) is 31.7 Å². The summed E-state index contributed by atoms with van der Waals surface area (Å²) >= 11 is 0. The van der Waals surface area contributed by atoms with Gasteiger partial charge >= 0.3 is 0 Å². The molecule has 0 aromatic rings. The fourth-order valence-corrected chi connectivity index (χ4v) is 1.89. The molecule has 1 saturated heterocycles. The summed E-state index contributed by atoms with van der Waals surface area (Å²) in [4.78, 5) is 10.7. The standard InChI is InChI=1S/C7H10NO/c9-7-4-5-2-1-3-6(5)8-7/h5-6H,1-4H2. The van der Waals surface area contributed by atoms with Crippen molar-refractivity contribution < 1.29 is 4.79 Å². The van der Waals surface area contributed by atoms with Gasteiger partial charge in [-0.15, -0.1) is 0 Å². The van der Waals surface area contributed by atoms with Crippen LogP contribution in [0.15, 0.2) is 0 Å². The van der Waals surface area contributed by atoms with Crippen molar-refractivity contribution >= 4 is 5.91 Å². The van der Waals surface area contributed by atoms with E-state index in [1.54, 1.807) is 0 Å². The molecule has 1 aliphatic heterocycles. The van der Waals surface area contributed by atoms with Crippen molar-refractivity contribution in [3.63, 3.8) is 0 Å². The minimum Gasteiger partial charge on any atom is -0.273 e. The highest BCUT2D eigenvalue weighted by atomic mass is 16.2. The third-order valence-corrected chi connectivity index (χ3v) is 2.37. The Bertz CT molecular complexity index is 130. The third kappa shape index (κ3) is 0.732. The lowest BCUT2D eigenvalue weighted by Crippen LogP contribution is -2.17. The molecule has 1 radical (unpaired) electrons. The summed E-state index contributed by atoms with van der Waals surface area (Å²) in [6.45, 7) is 0. The van der Waals surface area contributed by atoms with E-state index < -0.39 is 0 Å². The largest absolute Gasteiger partial charge is 0.273 e. The number of rotatable bonds is 0. The predicted octanol–water partition coefficient (Wildman–Crippen LogP) is 0.690. The van der Waals surface area contributed by atoms with Gasteiger partial charge in [0, 0.05) is 6.42 Å².